The highest BCUT2D eigenvalue weighted by Crippen LogP contribution is 2.17. The fraction of sp³-hybridized carbons (Fsp3) is 0.188. The maximum Gasteiger partial charge on any atom is 0.319 e. The lowest BCUT2D eigenvalue weighted by Crippen LogP contribution is -2.28. The van der Waals surface area contributed by atoms with Gasteiger partial charge < -0.3 is 15.5 Å². The molecule has 110 valence electrons. The SMILES string of the molecule is CN(C)c1cccc(NC(=O)NCc2ccc(Br)cc2)c1. The van der Waals surface area contributed by atoms with Gasteiger partial charge in [0.25, 0.3) is 0 Å². The lowest BCUT2D eigenvalue weighted by molar-refractivity contribution is 0.251. The molecule has 2 amide bonds. The number of nitrogens with one attached hydrogen (secondary N) is 2. The fourth-order valence-corrected chi connectivity index (χ4v) is 2.09. The Hall–Kier alpha value is -2.01. The number of anilines is 2. The second-order valence-electron chi connectivity index (χ2n) is 4.88. The van der Waals surface area contributed by atoms with E-state index in [1.54, 1.807) is 0 Å². The number of hydrogen-bond donors (Lipinski definition) is 2. The number of carbonyl (C=O) groups excluding carboxylic acids is 1. The summed E-state index contributed by atoms with van der Waals surface area (Å²) in [6.07, 6.45) is 0. The summed E-state index contributed by atoms with van der Waals surface area (Å²) in [7, 11) is 3.93. The molecule has 0 aliphatic carbocycles. The van der Waals surface area contributed by atoms with E-state index in [1.807, 2.05) is 67.5 Å². The summed E-state index contributed by atoms with van der Waals surface area (Å²) in [4.78, 5) is 13.9. The van der Waals surface area contributed by atoms with Gasteiger partial charge in [0.15, 0.2) is 0 Å². The van der Waals surface area contributed by atoms with Gasteiger partial charge in [0.1, 0.15) is 0 Å². The van der Waals surface area contributed by atoms with E-state index in [4.69, 9.17) is 0 Å². The van der Waals surface area contributed by atoms with Crippen LogP contribution in [-0.2, 0) is 6.54 Å². The van der Waals surface area contributed by atoms with Crippen molar-refractivity contribution in [2.75, 3.05) is 24.3 Å². The van der Waals surface area contributed by atoms with E-state index in [0.29, 0.717) is 6.54 Å². The van der Waals surface area contributed by atoms with E-state index in [2.05, 4.69) is 26.6 Å². The van der Waals surface area contributed by atoms with Crippen molar-refractivity contribution in [2.45, 2.75) is 6.54 Å². The molecule has 5 heteroatoms. The summed E-state index contributed by atoms with van der Waals surface area (Å²) >= 11 is 3.38. The number of rotatable bonds is 4. The average molecular weight is 348 g/mol. The highest BCUT2D eigenvalue weighted by molar-refractivity contribution is 9.10. The number of halogens is 1. The number of nitrogens with zero attached hydrogens (tertiary/aromatic N) is 1. The number of hydrogen-bond acceptors (Lipinski definition) is 2. The predicted octanol–water partition coefficient (Wildman–Crippen LogP) is 3.84. The van der Waals surface area contributed by atoms with Gasteiger partial charge in [-0.15, -0.1) is 0 Å². The maximum atomic E-state index is 11.9. The molecule has 0 saturated heterocycles. The normalized spacial score (nSPS) is 10.0. The van der Waals surface area contributed by atoms with Gasteiger partial charge in [-0.25, -0.2) is 4.79 Å². The first-order valence-corrected chi connectivity index (χ1v) is 7.40. The molecule has 0 saturated carbocycles. The van der Waals surface area contributed by atoms with Crippen molar-refractivity contribution < 1.29 is 4.79 Å². The average Bonchev–Trinajstić information content (AvgIpc) is 2.47. The van der Waals surface area contributed by atoms with Gasteiger partial charge in [-0.1, -0.05) is 34.1 Å². The highest BCUT2D eigenvalue weighted by Gasteiger charge is 2.03. The predicted molar refractivity (Wildman–Crippen MR) is 90.8 cm³/mol. The summed E-state index contributed by atoms with van der Waals surface area (Å²) in [5.74, 6) is 0. The van der Waals surface area contributed by atoms with E-state index in [1.165, 1.54) is 0 Å². The van der Waals surface area contributed by atoms with Crippen LogP contribution < -0.4 is 15.5 Å². The van der Waals surface area contributed by atoms with Crippen molar-refractivity contribution in [2.24, 2.45) is 0 Å². The Labute approximate surface area is 133 Å². The smallest absolute Gasteiger partial charge is 0.319 e. The van der Waals surface area contributed by atoms with E-state index in [-0.39, 0.29) is 6.03 Å². The molecule has 4 nitrogen and oxygen atoms in total. The van der Waals surface area contributed by atoms with Crippen LogP contribution in [0.4, 0.5) is 16.2 Å². The van der Waals surface area contributed by atoms with Crippen LogP contribution in [0.1, 0.15) is 5.56 Å². The van der Waals surface area contributed by atoms with E-state index < -0.39 is 0 Å². The molecular weight excluding hydrogens is 330 g/mol. The molecule has 0 atom stereocenters. The molecule has 2 N–H and O–H groups in total. The van der Waals surface area contributed by atoms with Gasteiger partial charge in [-0.05, 0) is 35.9 Å². The molecule has 0 heterocycles. The summed E-state index contributed by atoms with van der Waals surface area (Å²) in [5.41, 5.74) is 2.87. The fourth-order valence-electron chi connectivity index (χ4n) is 1.82. The van der Waals surface area contributed by atoms with Crippen molar-refractivity contribution in [1.29, 1.82) is 0 Å². The minimum atomic E-state index is -0.214. The van der Waals surface area contributed by atoms with Crippen LogP contribution in [0.25, 0.3) is 0 Å². The number of benzene rings is 2. The molecule has 0 spiro atoms. The summed E-state index contributed by atoms with van der Waals surface area (Å²) in [5, 5.41) is 5.67. The van der Waals surface area contributed by atoms with Gasteiger partial charge in [-0.3, -0.25) is 0 Å². The lowest BCUT2D eigenvalue weighted by atomic mass is 10.2. The van der Waals surface area contributed by atoms with E-state index in [9.17, 15) is 4.79 Å². The highest BCUT2D eigenvalue weighted by atomic mass is 79.9. The maximum absolute atomic E-state index is 11.9. The summed E-state index contributed by atoms with van der Waals surface area (Å²) < 4.78 is 1.02. The van der Waals surface area contributed by atoms with Gasteiger partial charge in [0.05, 0.1) is 0 Å². The van der Waals surface area contributed by atoms with Crippen LogP contribution in [0.5, 0.6) is 0 Å². The first kappa shape index (κ1) is 15.4. The monoisotopic (exact) mass is 347 g/mol. The Morgan fingerprint density at radius 3 is 2.52 bits per heavy atom. The Morgan fingerprint density at radius 2 is 1.86 bits per heavy atom. The van der Waals surface area contributed by atoms with Gasteiger partial charge in [0, 0.05) is 36.5 Å². The first-order valence-electron chi connectivity index (χ1n) is 6.61. The third-order valence-corrected chi connectivity index (χ3v) is 3.52. The molecule has 0 aromatic heterocycles. The van der Waals surface area contributed by atoms with Crippen LogP contribution >= 0.6 is 15.9 Å². The minimum absolute atomic E-state index is 0.214. The van der Waals surface area contributed by atoms with Crippen molar-refractivity contribution in [3.8, 4) is 0 Å². The zero-order valence-corrected chi connectivity index (χ0v) is 13.6. The van der Waals surface area contributed by atoms with Crippen molar-refractivity contribution in [3.05, 3.63) is 58.6 Å². The third kappa shape index (κ3) is 4.79. The zero-order chi connectivity index (χ0) is 15.2. The Balaban J connectivity index is 1.89. The minimum Gasteiger partial charge on any atom is -0.378 e. The van der Waals surface area contributed by atoms with Gasteiger partial charge in [0.2, 0.25) is 0 Å². The van der Waals surface area contributed by atoms with Crippen LogP contribution in [0.3, 0.4) is 0 Å². The Bertz CT molecular complexity index is 611. The molecule has 2 rings (SSSR count). The second kappa shape index (κ2) is 7.13. The second-order valence-corrected chi connectivity index (χ2v) is 5.79. The Kier molecular flexibility index (Phi) is 5.22. The summed E-state index contributed by atoms with van der Waals surface area (Å²) in [6.45, 7) is 0.493. The molecule has 0 aliphatic rings. The topological polar surface area (TPSA) is 44.4 Å². The van der Waals surface area contributed by atoms with E-state index in [0.717, 1.165) is 21.4 Å². The molecule has 2 aromatic carbocycles. The molecule has 21 heavy (non-hydrogen) atoms. The zero-order valence-electron chi connectivity index (χ0n) is 12.1. The molecular formula is C16H18BrN3O. The van der Waals surface area contributed by atoms with Crippen LogP contribution in [0, 0.1) is 0 Å². The van der Waals surface area contributed by atoms with E-state index >= 15 is 0 Å². The van der Waals surface area contributed by atoms with Crippen molar-refractivity contribution in [1.82, 2.24) is 5.32 Å². The third-order valence-electron chi connectivity index (χ3n) is 2.99. The largest absolute Gasteiger partial charge is 0.378 e. The first-order chi connectivity index (χ1) is 10.0. The quantitative estimate of drug-likeness (QED) is 0.882. The molecule has 0 bridgehead atoms. The number of carbonyl (C=O) groups is 1. The van der Waals surface area contributed by atoms with Crippen LogP contribution in [0.2, 0.25) is 0 Å². The van der Waals surface area contributed by atoms with Crippen LogP contribution in [-0.4, -0.2) is 20.1 Å². The number of urea groups is 1. The van der Waals surface area contributed by atoms with Crippen molar-refractivity contribution >= 4 is 33.3 Å². The van der Waals surface area contributed by atoms with Gasteiger partial charge >= 0.3 is 6.03 Å². The molecule has 0 aliphatic heterocycles. The molecule has 0 radical (unpaired) electrons. The molecule has 2 aromatic rings. The molecule has 0 fully saturated rings. The van der Waals surface area contributed by atoms with Gasteiger partial charge in [-0.2, -0.15) is 0 Å². The standard InChI is InChI=1S/C16H18BrN3O/c1-20(2)15-5-3-4-14(10-15)19-16(21)18-11-12-6-8-13(17)9-7-12/h3-10H,11H2,1-2H3,(H2,18,19,21). The Morgan fingerprint density at radius 1 is 1.14 bits per heavy atom. The number of amides is 2. The van der Waals surface area contributed by atoms with Crippen molar-refractivity contribution in [3.63, 3.8) is 0 Å². The lowest BCUT2D eigenvalue weighted by Gasteiger charge is -2.14. The van der Waals surface area contributed by atoms with Crippen LogP contribution in [0.15, 0.2) is 53.0 Å². The molecule has 0 unspecified atom stereocenters. The summed E-state index contributed by atoms with van der Waals surface area (Å²) in [6, 6.07) is 15.3.